The number of nitrogens with two attached hydrogens (primary N) is 1. The number of anilines is 1. The van der Waals surface area contributed by atoms with E-state index in [0.29, 0.717) is 5.69 Å². The molecule has 2 rings (SSSR count). The zero-order valence-corrected chi connectivity index (χ0v) is 17.0. The lowest BCUT2D eigenvalue weighted by Gasteiger charge is -2.30. The Morgan fingerprint density at radius 1 is 1.04 bits per heavy atom. The van der Waals surface area contributed by atoms with Gasteiger partial charge in [0.15, 0.2) is 6.04 Å². The summed E-state index contributed by atoms with van der Waals surface area (Å²) in [5, 5.41) is 2.69. The molecule has 0 aliphatic heterocycles. The zero-order chi connectivity index (χ0) is 20.9. The van der Waals surface area contributed by atoms with Crippen molar-refractivity contribution >= 4 is 17.6 Å². The van der Waals surface area contributed by atoms with Crippen LogP contribution in [0.2, 0.25) is 0 Å². The van der Waals surface area contributed by atoms with Crippen molar-refractivity contribution in [3.63, 3.8) is 0 Å². The molecule has 28 heavy (non-hydrogen) atoms. The molecular weight excluding hydrogens is 356 g/mol. The van der Waals surface area contributed by atoms with Gasteiger partial charge in [-0.05, 0) is 51.0 Å². The molecule has 0 spiro atoms. The number of esters is 1. The summed E-state index contributed by atoms with van der Waals surface area (Å²) in [4.78, 5) is 24.9. The molecule has 150 valence electrons. The van der Waals surface area contributed by atoms with E-state index in [1.807, 2.05) is 57.2 Å². The molecule has 0 saturated carbocycles. The molecule has 0 radical (unpaired) electrons. The van der Waals surface area contributed by atoms with Crippen molar-refractivity contribution in [1.29, 1.82) is 0 Å². The van der Waals surface area contributed by atoms with Gasteiger partial charge in [0.1, 0.15) is 0 Å². The van der Waals surface area contributed by atoms with Crippen LogP contribution in [0.1, 0.15) is 38.1 Å². The number of carbonyl (C=O) groups is 2. The second-order valence-corrected chi connectivity index (χ2v) is 7.58. The monoisotopic (exact) mass is 384 g/mol. The van der Waals surface area contributed by atoms with Crippen molar-refractivity contribution in [3.8, 4) is 11.1 Å². The fraction of sp³-hybridized carbons (Fsp3) is 0.364. The Morgan fingerprint density at radius 3 is 2.21 bits per heavy atom. The number of hydrogen-bond acceptors (Lipinski definition) is 5. The molecule has 0 heterocycles. The number of nitrogen functional groups attached to an aromatic ring is 1. The molecule has 3 N–H and O–H groups in total. The Kier molecular flexibility index (Phi) is 6.80. The van der Waals surface area contributed by atoms with Crippen LogP contribution in [-0.2, 0) is 14.3 Å². The number of amides is 1. The fourth-order valence-electron chi connectivity index (χ4n) is 2.92. The first kappa shape index (κ1) is 21.4. The standard InChI is InChI=1S/C22H28N2O4/c1-14(28-22(2,3)4)19(21(26)27-5)24-20(25)17-12-11-16(13-18(17)23)15-9-7-6-8-10-15/h6-14,19H,23H2,1-5H3,(H,24,25)/t14-,19+/m1/s1. The van der Waals surface area contributed by atoms with E-state index in [1.165, 1.54) is 7.11 Å². The Morgan fingerprint density at radius 2 is 1.68 bits per heavy atom. The molecule has 0 aromatic heterocycles. The summed E-state index contributed by atoms with van der Waals surface area (Å²) in [5.74, 6) is -1.04. The van der Waals surface area contributed by atoms with Crippen LogP contribution >= 0.6 is 0 Å². The normalized spacial score (nSPS) is 13.5. The molecule has 6 heteroatoms. The van der Waals surface area contributed by atoms with Crippen LogP contribution in [0, 0.1) is 0 Å². The van der Waals surface area contributed by atoms with E-state index in [4.69, 9.17) is 15.2 Å². The van der Waals surface area contributed by atoms with Gasteiger partial charge in [0.05, 0.1) is 24.4 Å². The third-order valence-corrected chi connectivity index (χ3v) is 4.15. The van der Waals surface area contributed by atoms with Gasteiger partial charge < -0.3 is 20.5 Å². The summed E-state index contributed by atoms with van der Waals surface area (Å²) in [6.45, 7) is 7.34. The van der Waals surface area contributed by atoms with Crippen LogP contribution in [0.3, 0.4) is 0 Å². The summed E-state index contributed by atoms with van der Waals surface area (Å²) in [5.41, 5.74) is 8.16. The molecule has 0 unspecified atom stereocenters. The third-order valence-electron chi connectivity index (χ3n) is 4.15. The number of carbonyl (C=O) groups excluding carboxylic acids is 2. The number of methoxy groups -OCH3 is 1. The average molecular weight is 384 g/mol. The molecule has 2 atom stereocenters. The minimum absolute atomic E-state index is 0.288. The molecule has 2 aromatic carbocycles. The fourth-order valence-corrected chi connectivity index (χ4v) is 2.92. The van der Waals surface area contributed by atoms with E-state index in [-0.39, 0.29) is 5.56 Å². The van der Waals surface area contributed by atoms with Gasteiger partial charge in [-0.2, -0.15) is 0 Å². The van der Waals surface area contributed by atoms with E-state index in [9.17, 15) is 9.59 Å². The van der Waals surface area contributed by atoms with Crippen LogP contribution < -0.4 is 11.1 Å². The lowest BCUT2D eigenvalue weighted by Crippen LogP contribution is -2.51. The summed E-state index contributed by atoms with van der Waals surface area (Å²) < 4.78 is 10.6. The number of rotatable bonds is 6. The van der Waals surface area contributed by atoms with Gasteiger partial charge in [-0.3, -0.25) is 4.79 Å². The van der Waals surface area contributed by atoms with Crippen molar-refractivity contribution in [3.05, 3.63) is 54.1 Å². The predicted octanol–water partition coefficient (Wildman–Crippen LogP) is 3.41. The molecule has 6 nitrogen and oxygen atoms in total. The molecular formula is C22H28N2O4. The number of ether oxygens (including phenoxy) is 2. The quantitative estimate of drug-likeness (QED) is 0.588. The molecule has 0 fully saturated rings. The number of hydrogen-bond donors (Lipinski definition) is 2. The van der Waals surface area contributed by atoms with Crippen LogP contribution in [-0.4, -0.2) is 36.7 Å². The molecule has 1 amide bonds. The lowest BCUT2D eigenvalue weighted by atomic mass is 10.0. The average Bonchev–Trinajstić information content (AvgIpc) is 2.64. The largest absolute Gasteiger partial charge is 0.467 e. The number of benzene rings is 2. The topological polar surface area (TPSA) is 90.7 Å². The Hall–Kier alpha value is -2.86. The first-order chi connectivity index (χ1) is 13.1. The molecule has 0 saturated heterocycles. The van der Waals surface area contributed by atoms with Gasteiger partial charge in [0.25, 0.3) is 5.91 Å². The summed E-state index contributed by atoms with van der Waals surface area (Å²) in [6, 6.07) is 14.0. The van der Waals surface area contributed by atoms with Crippen LogP contribution in [0.15, 0.2) is 48.5 Å². The molecule has 0 aliphatic carbocycles. The van der Waals surface area contributed by atoms with Gasteiger partial charge in [-0.25, -0.2) is 4.79 Å². The van der Waals surface area contributed by atoms with Gasteiger partial charge in [-0.1, -0.05) is 36.4 Å². The second kappa shape index (κ2) is 8.89. The molecule has 2 aromatic rings. The second-order valence-electron chi connectivity index (χ2n) is 7.58. The predicted molar refractivity (Wildman–Crippen MR) is 110 cm³/mol. The van der Waals surface area contributed by atoms with E-state index in [2.05, 4.69) is 5.32 Å². The minimum Gasteiger partial charge on any atom is -0.467 e. The minimum atomic E-state index is -0.954. The Labute approximate surface area is 166 Å². The van der Waals surface area contributed by atoms with Gasteiger partial charge in [-0.15, -0.1) is 0 Å². The van der Waals surface area contributed by atoms with Crippen molar-refractivity contribution in [2.75, 3.05) is 12.8 Å². The highest BCUT2D eigenvalue weighted by Crippen LogP contribution is 2.24. The summed E-state index contributed by atoms with van der Waals surface area (Å²) >= 11 is 0. The Balaban J connectivity index is 2.22. The van der Waals surface area contributed by atoms with E-state index >= 15 is 0 Å². The maximum Gasteiger partial charge on any atom is 0.331 e. The van der Waals surface area contributed by atoms with Gasteiger partial charge in [0.2, 0.25) is 0 Å². The van der Waals surface area contributed by atoms with E-state index in [0.717, 1.165) is 11.1 Å². The third kappa shape index (κ3) is 5.57. The van der Waals surface area contributed by atoms with Gasteiger partial charge >= 0.3 is 5.97 Å². The maximum absolute atomic E-state index is 12.8. The highest BCUT2D eigenvalue weighted by molar-refractivity contribution is 6.01. The van der Waals surface area contributed by atoms with Crippen molar-refractivity contribution < 1.29 is 19.1 Å². The Bertz CT molecular complexity index is 828. The summed E-state index contributed by atoms with van der Waals surface area (Å²) in [6.07, 6.45) is -0.582. The summed E-state index contributed by atoms with van der Waals surface area (Å²) in [7, 11) is 1.27. The van der Waals surface area contributed by atoms with Gasteiger partial charge in [0, 0.05) is 5.69 Å². The highest BCUT2D eigenvalue weighted by Gasteiger charge is 2.32. The highest BCUT2D eigenvalue weighted by atomic mass is 16.5. The van der Waals surface area contributed by atoms with Crippen LogP contribution in [0.25, 0.3) is 11.1 Å². The molecule has 0 bridgehead atoms. The smallest absolute Gasteiger partial charge is 0.331 e. The van der Waals surface area contributed by atoms with E-state index < -0.39 is 29.6 Å². The van der Waals surface area contributed by atoms with Crippen molar-refractivity contribution in [2.45, 2.75) is 45.4 Å². The number of nitrogens with one attached hydrogen (secondary N) is 1. The maximum atomic E-state index is 12.8. The van der Waals surface area contributed by atoms with Crippen molar-refractivity contribution in [2.24, 2.45) is 0 Å². The zero-order valence-electron chi connectivity index (χ0n) is 17.0. The SMILES string of the molecule is COC(=O)[C@@H](NC(=O)c1ccc(-c2ccccc2)cc1N)[C@@H](C)OC(C)(C)C. The lowest BCUT2D eigenvalue weighted by molar-refractivity contribution is -0.150. The first-order valence-electron chi connectivity index (χ1n) is 9.14. The molecule has 0 aliphatic rings. The van der Waals surface area contributed by atoms with E-state index in [1.54, 1.807) is 19.1 Å². The van der Waals surface area contributed by atoms with Crippen LogP contribution in [0.5, 0.6) is 0 Å². The van der Waals surface area contributed by atoms with Crippen molar-refractivity contribution in [1.82, 2.24) is 5.32 Å². The first-order valence-corrected chi connectivity index (χ1v) is 9.14. The van der Waals surface area contributed by atoms with Crippen LogP contribution in [0.4, 0.5) is 5.69 Å².